The Morgan fingerprint density at radius 3 is 2.59 bits per heavy atom. The number of carbonyl (C=O) groups is 3. The summed E-state index contributed by atoms with van der Waals surface area (Å²) in [5, 5.41) is 9.90. The van der Waals surface area contributed by atoms with Crippen LogP contribution in [0.5, 0.6) is 0 Å². The molecule has 2 heterocycles. The van der Waals surface area contributed by atoms with Crippen molar-refractivity contribution in [3.8, 4) is 0 Å². The highest BCUT2D eigenvalue weighted by Gasteiger charge is 2.36. The molecule has 0 saturated carbocycles. The first-order chi connectivity index (χ1) is 13.8. The smallest absolute Gasteiger partial charge is 0.348 e. The lowest BCUT2D eigenvalue weighted by Gasteiger charge is -2.34. The maximum atomic E-state index is 13.0. The molecule has 2 aromatic rings. The standard InChI is InChI=1S/C20H21IN2O5S/c1-3-28-19(26)17-12(2)15-10-22(11-16(24)25)20(27)23(18(15)29-17)9-8-13-4-6-14(21)7-5-13/h4-7H,3,8-11H2,1-2H3,(H,24,25). The predicted molar refractivity (Wildman–Crippen MR) is 119 cm³/mol. The van der Waals surface area contributed by atoms with Gasteiger partial charge >= 0.3 is 18.0 Å². The molecule has 1 aromatic heterocycles. The van der Waals surface area contributed by atoms with Gasteiger partial charge in [0.15, 0.2) is 0 Å². The summed E-state index contributed by atoms with van der Waals surface area (Å²) in [5.41, 5.74) is 2.63. The second kappa shape index (κ2) is 9.12. The largest absolute Gasteiger partial charge is 0.480 e. The number of hydrogen-bond donors (Lipinski definition) is 1. The van der Waals surface area contributed by atoms with Crippen LogP contribution in [-0.4, -0.2) is 47.7 Å². The molecule has 0 spiro atoms. The summed E-state index contributed by atoms with van der Waals surface area (Å²) in [7, 11) is 0. The summed E-state index contributed by atoms with van der Waals surface area (Å²) in [5.74, 6) is -1.49. The van der Waals surface area contributed by atoms with Crippen LogP contribution in [0.25, 0.3) is 0 Å². The van der Waals surface area contributed by atoms with Gasteiger partial charge in [-0.25, -0.2) is 9.59 Å². The molecule has 1 aromatic carbocycles. The quantitative estimate of drug-likeness (QED) is 0.435. The third-order valence-corrected chi connectivity index (χ3v) is 6.73. The molecule has 1 N–H and O–H groups in total. The second-order valence-corrected chi connectivity index (χ2v) is 8.87. The average Bonchev–Trinajstić information content (AvgIpc) is 2.99. The van der Waals surface area contributed by atoms with Crippen molar-refractivity contribution in [1.82, 2.24) is 4.90 Å². The van der Waals surface area contributed by atoms with E-state index in [2.05, 4.69) is 22.6 Å². The lowest BCUT2D eigenvalue weighted by atomic mass is 10.1. The van der Waals surface area contributed by atoms with Crippen molar-refractivity contribution in [2.45, 2.75) is 26.8 Å². The van der Waals surface area contributed by atoms with E-state index in [0.717, 1.165) is 20.3 Å². The van der Waals surface area contributed by atoms with Gasteiger partial charge in [-0.2, -0.15) is 0 Å². The van der Waals surface area contributed by atoms with E-state index in [0.29, 0.717) is 22.8 Å². The maximum Gasteiger partial charge on any atom is 0.348 e. The molecule has 0 saturated heterocycles. The lowest BCUT2D eigenvalue weighted by molar-refractivity contribution is -0.137. The van der Waals surface area contributed by atoms with Crippen molar-refractivity contribution in [3.63, 3.8) is 0 Å². The third kappa shape index (κ3) is 4.72. The molecule has 0 atom stereocenters. The number of halogens is 1. The van der Waals surface area contributed by atoms with Crippen LogP contribution in [0.1, 0.15) is 33.3 Å². The van der Waals surface area contributed by atoms with Gasteiger partial charge in [0.05, 0.1) is 13.2 Å². The number of fused-ring (bicyclic) bond motifs is 1. The molecule has 1 aliphatic rings. The van der Waals surface area contributed by atoms with E-state index in [1.165, 1.54) is 16.2 Å². The van der Waals surface area contributed by atoms with Gasteiger partial charge < -0.3 is 14.7 Å². The van der Waals surface area contributed by atoms with Gasteiger partial charge in [-0.05, 0) is 66.1 Å². The minimum atomic E-state index is -1.07. The van der Waals surface area contributed by atoms with Gasteiger partial charge in [-0.1, -0.05) is 12.1 Å². The van der Waals surface area contributed by atoms with Gasteiger partial charge in [-0.15, -0.1) is 11.3 Å². The number of amides is 2. The normalized spacial score (nSPS) is 13.4. The van der Waals surface area contributed by atoms with Crippen LogP contribution in [0, 0.1) is 10.5 Å². The molecular weight excluding hydrogens is 507 g/mol. The topological polar surface area (TPSA) is 87.1 Å². The number of urea groups is 1. The van der Waals surface area contributed by atoms with Crippen molar-refractivity contribution in [1.29, 1.82) is 0 Å². The third-order valence-electron chi connectivity index (χ3n) is 4.67. The Morgan fingerprint density at radius 2 is 1.97 bits per heavy atom. The molecule has 29 heavy (non-hydrogen) atoms. The first kappa shape index (κ1) is 21.6. The Kier molecular flexibility index (Phi) is 6.78. The number of thiophene rings is 1. The van der Waals surface area contributed by atoms with Crippen LogP contribution in [0.2, 0.25) is 0 Å². The monoisotopic (exact) mass is 528 g/mol. The number of carboxylic acid groups (broad SMARTS) is 1. The Bertz CT molecular complexity index is 941. The highest BCUT2D eigenvalue weighted by atomic mass is 127. The molecule has 7 nitrogen and oxygen atoms in total. The van der Waals surface area contributed by atoms with Gasteiger partial charge in [0, 0.05) is 15.7 Å². The fraction of sp³-hybridized carbons (Fsp3) is 0.350. The number of hydrogen-bond acceptors (Lipinski definition) is 5. The molecule has 1 aliphatic heterocycles. The number of carboxylic acids is 1. The van der Waals surface area contributed by atoms with E-state index in [-0.39, 0.29) is 25.7 Å². The molecule has 0 fully saturated rings. The molecule has 3 rings (SSSR count). The van der Waals surface area contributed by atoms with Crippen molar-refractivity contribution < 1.29 is 24.2 Å². The molecule has 154 valence electrons. The lowest BCUT2D eigenvalue weighted by Crippen LogP contribution is -2.49. The SMILES string of the molecule is CCOC(=O)c1sc2c(c1C)CN(CC(=O)O)C(=O)N2CCc1ccc(I)cc1. The summed E-state index contributed by atoms with van der Waals surface area (Å²) < 4.78 is 6.27. The summed E-state index contributed by atoms with van der Waals surface area (Å²) in [6.07, 6.45) is 0.620. The number of aliphatic carboxylic acids is 1. The zero-order valence-corrected chi connectivity index (χ0v) is 19.1. The Morgan fingerprint density at radius 1 is 1.28 bits per heavy atom. The van der Waals surface area contributed by atoms with Gasteiger partial charge in [0.2, 0.25) is 0 Å². The van der Waals surface area contributed by atoms with Gasteiger partial charge in [0.1, 0.15) is 16.4 Å². The molecular formula is C20H21IN2O5S. The molecule has 9 heteroatoms. The Hall–Kier alpha value is -2.14. The number of ether oxygens (including phenoxy) is 1. The number of esters is 1. The average molecular weight is 528 g/mol. The maximum absolute atomic E-state index is 13.0. The van der Waals surface area contributed by atoms with E-state index < -0.39 is 11.9 Å². The number of rotatable bonds is 7. The van der Waals surface area contributed by atoms with Crippen molar-refractivity contribution in [2.24, 2.45) is 0 Å². The van der Waals surface area contributed by atoms with Gasteiger partial charge in [0.25, 0.3) is 0 Å². The highest BCUT2D eigenvalue weighted by molar-refractivity contribution is 14.1. The van der Waals surface area contributed by atoms with E-state index in [4.69, 9.17) is 4.74 Å². The van der Waals surface area contributed by atoms with E-state index >= 15 is 0 Å². The molecule has 0 radical (unpaired) electrons. The van der Waals surface area contributed by atoms with Gasteiger partial charge in [-0.3, -0.25) is 9.69 Å². The van der Waals surface area contributed by atoms with E-state index in [9.17, 15) is 19.5 Å². The molecule has 0 bridgehead atoms. The van der Waals surface area contributed by atoms with Crippen molar-refractivity contribution >= 4 is 56.9 Å². The summed E-state index contributed by atoms with van der Waals surface area (Å²) in [6.45, 7) is 4.00. The minimum Gasteiger partial charge on any atom is -0.480 e. The summed E-state index contributed by atoms with van der Waals surface area (Å²) in [4.78, 5) is 39.9. The van der Waals surface area contributed by atoms with Crippen molar-refractivity contribution in [3.05, 3.63) is 49.4 Å². The van der Waals surface area contributed by atoms with Crippen LogP contribution in [0.3, 0.4) is 0 Å². The minimum absolute atomic E-state index is 0.169. The Labute approximate surface area is 186 Å². The van der Waals surface area contributed by atoms with E-state index in [1.807, 2.05) is 31.2 Å². The fourth-order valence-electron chi connectivity index (χ4n) is 3.22. The first-order valence-corrected chi connectivity index (χ1v) is 11.0. The Balaban J connectivity index is 1.93. The summed E-state index contributed by atoms with van der Waals surface area (Å²) in [6, 6.07) is 7.67. The van der Waals surface area contributed by atoms with Crippen LogP contribution in [-0.2, 0) is 22.5 Å². The summed E-state index contributed by atoms with van der Waals surface area (Å²) >= 11 is 3.47. The van der Waals surface area contributed by atoms with E-state index in [1.54, 1.807) is 11.8 Å². The molecule has 2 amide bonds. The molecule has 0 unspecified atom stereocenters. The highest BCUT2D eigenvalue weighted by Crippen LogP contribution is 2.40. The van der Waals surface area contributed by atoms with Crippen LogP contribution in [0.15, 0.2) is 24.3 Å². The zero-order chi connectivity index (χ0) is 21.1. The number of carbonyl (C=O) groups excluding carboxylic acids is 2. The fourth-order valence-corrected chi connectivity index (χ4v) is 4.81. The number of nitrogens with zero attached hydrogens (tertiary/aromatic N) is 2. The second-order valence-electron chi connectivity index (χ2n) is 6.62. The number of benzene rings is 1. The predicted octanol–water partition coefficient (Wildman–Crippen LogP) is 3.91. The van der Waals surface area contributed by atoms with Crippen LogP contribution >= 0.6 is 33.9 Å². The zero-order valence-electron chi connectivity index (χ0n) is 16.1. The van der Waals surface area contributed by atoms with Crippen LogP contribution < -0.4 is 4.90 Å². The van der Waals surface area contributed by atoms with Crippen LogP contribution in [0.4, 0.5) is 9.80 Å². The van der Waals surface area contributed by atoms with Crippen molar-refractivity contribution in [2.75, 3.05) is 24.6 Å². The molecule has 0 aliphatic carbocycles. The first-order valence-electron chi connectivity index (χ1n) is 9.13. The number of anilines is 1.